The van der Waals surface area contributed by atoms with E-state index >= 15 is 0 Å². The van der Waals surface area contributed by atoms with E-state index in [4.69, 9.17) is 0 Å². The van der Waals surface area contributed by atoms with Crippen molar-refractivity contribution in [3.05, 3.63) is 103 Å². The molecule has 124 valence electrons. The Bertz CT molecular complexity index is 725. The first-order valence-electron chi connectivity index (χ1n) is 9.25. The predicted octanol–water partition coefficient (Wildman–Crippen LogP) is 4.27. The highest BCUT2D eigenvalue weighted by atomic mass is 28.3. The van der Waals surface area contributed by atoms with Gasteiger partial charge in [-0.25, -0.2) is 0 Å². The van der Waals surface area contributed by atoms with Gasteiger partial charge in [0, 0.05) is 0 Å². The lowest BCUT2D eigenvalue weighted by molar-refractivity contribution is 0.719. The average Bonchev–Trinajstić information content (AvgIpc) is 2.72. The molecule has 1 aliphatic carbocycles. The molecule has 3 aromatic rings. The monoisotopic (exact) mass is 340 g/mol. The summed E-state index contributed by atoms with van der Waals surface area (Å²) in [5.74, 6) is 0. The molecule has 1 aliphatic rings. The van der Waals surface area contributed by atoms with Crippen LogP contribution in [0, 0.1) is 0 Å². The van der Waals surface area contributed by atoms with E-state index in [2.05, 4.69) is 103 Å². The van der Waals surface area contributed by atoms with Crippen LogP contribution in [-0.4, -0.2) is 8.07 Å². The summed E-state index contributed by atoms with van der Waals surface area (Å²) < 4.78 is 0. The van der Waals surface area contributed by atoms with Crippen LogP contribution in [0.2, 0.25) is 5.54 Å². The van der Waals surface area contributed by atoms with Crippen LogP contribution < -0.4 is 15.6 Å². The summed E-state index contributed by atoms with van der Waals surface area (Å²) in [5.41, 5.74) is 0.605. The first-order chi connectivity index (χ1) is 12.4. The van der Waals surface area contributed by atoms with Gasteiger partial charge >= 0.3 is 0 Å². The fraction of sp³-hybridized carbons (Fsp3) is 0.167. The van der Waals surface area contributed by atoms with E-state index in [1.807, 2.05) is 0 Å². The molecule has 0 radical (unpaired) electrons. The lowest BCUT2D eigenvalue weighted by atomic mass is 10.1. The van der Waals surface area contributed by atoms with Crippen LogP contribution in [0.1, 0.15) is 19.3 Å². The third-order valence-corrected chi connectivity index (χ3v) is 10.8. The van der Waals surface area contributed by atoms with Crippen molar-refractivity contribution in [3.8, 4) is 0 Å². The topological polar surface area (TPSA) is 0 Å². The van der Waals surface area contributed by atoms with Crippen molar-refractivity contribution < 1.29 is 0 Å². The molecule has 0 saturated heterocycles. The lowest BCUT2D eigenvalue weighted by Gasteiger charge is -2.40. The number of benzene rings is 3. The van der Waals surface area contributed by atoms with Crippen molar-refractivity contribution >= 4 is 23.6 Å². The Labute approximate surface area is 151 Å². The fourth-order valence-electron chi connectivity index (χ4n) is 4.42. The zero-order chi connectivity index (χ0) is 17.0. The van der Waals surface area contributed by atoms with E-state index in [0.717, 1.165) is 0 Å². The Morgan fingerprint density at radius 2 is 1.04 bits per heavy atom. The molecular weight excluding hydrogens is 316 g/mol. The minimum absolute atomic E-state index is 0.605. The molecule has 0 amide bonds. The zero-order valence-electron chi connectivity index (χ0n) is 14.5. The second-order valence-electron chi connectivity index (χ2n) is 6.87. The Morgan fingerprint density at radius 3 is 1.40 bits per heavy atom. The molecule has 0 aromatic heterocycles. The van der Waals surface area contributed by atoms with Crippen LogP contribution in [-0.2, 0) is 0 Å². The Kier molecular flexibility index (Phi) is 4.67. The molecule has 0 nitrogen and oxygen atoms in total. The molecule has 0 saturated carbocycles. The molecule has 0 N–H and O–H groups in total. The Balaban J connectivity index is 2.04. The van der Waals surface area contributed by atoms with E-state index in [9.17, 15) is 0 Å². The molecule has 0 heterocycles. The van der Waals surface area contributed by atoms with Gasteiger partial charge < -0.3 is 0 Å². The maximum absolute atomic E-state index is 2.52. The lowest BCUT2D eigenvalue weighted by Crippen LogP contribution is -2.69. The molecule has 3 aromatic carbocycles. The summed E-state index contributed by atoms with van der Waals surface area (Å²) in [6.45, 7) is 0. The van der Waals surface area contributed by atoms with E-state index in [-0.39, 0.29) is 0 Å². The van der Waals surface area contributed by atoms with Crippen LogP contribution in [0.15, 0.2) is 103 Å². The Hall–Kier alpha value is -2.38. The number of allylic oxidation sites excluding steroid dienone is 2. The summed E-state index contributed by atoms with van der Waals surface area (Å²) in [5, 5.41) is 4.55. The quantitative estimate of drug-likeness (QED) is 0.378. The van der Waals surface area contributed by atoms with E-state index in [1.54, 1.807) is 0 Å². The second-order valence-corrected chi connectivity index (χ2v) is 11.0. The fourth-order valence-corrected chi connectivity index (χ4v) is 9.92. The van der Waals surface area contributed by atoms with Gasteiger partial charge in [-0.2, -0.15) is 0 Å². The highest BCUT2D eigenvalue weighted by Crippen LogP contribution is 2.32. The van der Waals surface area contributed by atoms with Crippen LogP contribution in [0.3, 0.4) is 0 Å². The summed E-state index contributed by atoms with van der Waals surface area (Å²) in [6.07, 6.45) is 8.72. The molecule has 0 spiro atoms. The van der Waals surface area contributed by atoms with Crippen molar-refractivity contribution in [2.24, 2.45) is 0 Å². The van der Waals surface area contributed by atoms with Crippen molar-refractivity contribution in [1.82, 2.24) is 0 Å². The van der Waals surface area contributed by atoms with Crippen LogP contribution in [0.25, 0.3) is 0 Å². The molecule has 1 heteroatoms. The van der Waals surface area contributed by atoms with Gasteiger partial charge in [-0.1, -0.05) is 103 Å². The minimum Gasteiger partial charge on any atom is -0.0885 e. The van der Waals surface area contributed by atoms with Crippen LogP contribution in [0.5, 0.6) is 0 Å². The highest BCUT2D eigenvalue weighted by Gasteiger charge is 2.45. The molecule has 0 aliphatic heterocycles. The van der Waals surface area contributed by atoms with Crippen LogP contribution in [0.4, 0.5) is 0 Å². The van der Waals surface area contributed by atoms with E-state index in [0.29, 0.717) is 5.54 Å². The first-order valence-corrected chi connectivity index (χ1v) is 11.3. The molecule has 0 unspecified atom stereocenters. The molecule has 0 bridgehead atoms. The number of hydrogen-bond acceptors (Lipinski definition) is 0. The van der Waals surface area contributed by atoms with Gasteiger partial charge in [-0.3, -0.25) is 0 Å². The summed E-state index contributed by atoms with van der Waals surface area (Å²) in [6, 6.07) is 33.8. The van der Waals surface area contributed by atoms with Gasteiger partial charge in [-0.05, 0) is 40.4 Å². The van der Waals surface area contributed by atoms with Gasteiger partial charge in [0.1, 0.15) is 0 Å². The Morgan fingerprint density at radius 1 is 0.600 bits per heavy atom. The van der Waals surface area contributed by atoms with Crippen molar-refractivity contribution in [1.29, 1.82) is 0 Å². The predicted molar refractivity (Wildman–Crippen MR) is 111 cm³/mol. The normalized spacial score (nSPS) is 17.4. The zero-order valence-corrected chi connectivity index (χ0v) is 15.5. The highest BCUT2D eigenvalue weighted by molar-refractivity contribution is 7.12. The van der Waals surface area contributed by atoms with Gasteiger partial charge in [0.15, 0.2) is 8.07 Å². The van der Waals surface area contributed by atoms with Gasteiger partial charge in [0.05, 0.1) is 0 Å². The summed E-state index contributed by atoms with van der Waals surface area (Å²) in [4.78, 5) is 0. The second kappa shape index (κ2) is 7.24. The molecule has 4 rings (SSSR count). The molecular formula is C24H24Si. The van der Waals surface area contributed by atoms with Crippen molar-refractivity contribution in [2.45, 2.75) is 24.8 Å². The van der Waals surface area contributed by atoms with Gasteiger partial charge in [0.25, 0.3) is 0 Å². The smallest absolute Gasteiger partial charge is 0.0885 e. The number of hydrogen-bond donors (Lipinski definition) is 0. The molecule has 1 atom stereocenters. The largest absolute Gasteiger partial charge is 0.154 e. The van der Waals surface area contributed by atoms with Gasteiger partial charge in [0.2, 0.25) is 0 Å². The SMILES string of the molecule is C1=C[C@H]([Si](c2ccccc2)(c2ccccc2)c2ccccc2)CCC1. The minimum atomic E-state index is -2.11. The summed E-state index contributed by atoms with van der Waals surface area (Å²) in [7, 11) is -2.11. The van der Waals surface area contributed by atoms with E-state index < -0.39 is 8.07 Å². The standard InChI is InChI=1S/C24H24Si/c1-5-13-21(14-6-1)25(22-15-7-2-8-16-22,23-17-9-3-10-18-23)24-19-11-4-12-20-24/h1-3,5-11,13-19,24H,4,12,20H2/t24-/m0/s1. The third-order valence-electron chi connectivity index (χ3n) is 5.50. The maximum Gasteiger partial charge on any atom is 0.154 e. The number of rotatable bonds is 4. The third kappa shape index (κ3) is 2.89. The molecule has 0 fully saturated rings. The maximum atomic E-state index is 2.52. The van der Waals surface area contributed by atoms with Crippen molar-refractivity contribution in [2.75, 3.05) is 0 Å². The summed E-state index contributed by atoms with van der Waals surface area (Å²) >= 11 is 0. The van der Waals surface area contributed by atoms with E-state index in [1.165, 1.54) is 34.8 Å². The molecule has 25 heavy (non-hydrogen) atoms. The van der Waals surface area contributed by atoms with Crippen LogP contribution >= 0.6 is 0 Å². The average molecular weight is 341 g/mol. The van der Waals surface area contributed by atoms with Gasteiger partial charge in [-0.15, -0.1) is 0 Å². The van der Waals surface area contributed by atoms with Crippen molar-refractivity contribution in [3.63, 3.8) is 0 Å². The first kappa shape index (κ1) is 16.1.